The maximum atomic E-state index is 11.3. The number of carbonyl (C=O) groups excluding carboxylic acids is 1. The minimum Gasteiger partial charge on any atom is -0.277 e. The lowest BCUT2D eigenvalue weighted by Crippen LogP contribution is -2.30. The molecule has 0 bridgehead atoms. The highest BCUT2D eigenvalue weighted by Gasteiger charge is 2.03. The molecule has 2 N–H and O–H groups in total. The van der Waals surface area contributed by atoms with Crippen molar-refractivity contribution < 1.29 is 4.79 Å². The van der Waals surface area contributed by atoms with Gasteiger partial charge in [-0.3, -0.25) is 10.2 Å². The lowest BCUT2D eigenvalue weighted by atomic mass is 10.1. The van der Waals surface area contributed by atoms with Gasteiger partial charge in [-0.25, -0.2) is 0 Å². The number of amides is 1. The summed E-state index contributed by atoms with van der Waals surface area (Å²) in [5.41, 5.74) is 4.25. The average Bonchev–Trinajstić information content (AvgIpc) is 2.32. The van der Waals surface area contributed by atoms with E-state index in [1.165, 1.54) is 0 Å². The molecule has 0 unspecified atom stereocenters. The smallest absolute Gasteiger partial charge is 0.266 e. The van der Waals surface area contributed by atoms with Crippen molar-refractivity contribution in [2.75, 3.05) is 0 Å². The first-order valence-electron chi connectivity index (χ1n) is 5.03. The fraction of sp³-hybridized carbons (Fsp3) is 0.364. The molecule has 1 amide bonds. The van der Waals surface area contributed by atoms with E-state index in [0.29, 0.717) is 5.56 Å². The minimum absolute atomic E-state index is 0.146. The van der Waals surface area contributed by atoms with E-state index in [2.05, 4.69) is 32.9 Å². The molecule has 0 spiro atoms. The van der Waals surface area contributed by atoms with Crippen LogP contribution in [0.5, 0.6) is 0 Å². The number of aryl methyl sites for hydroxylation is 1. The van der Waals surface area contributed by atoms with Gasteiger partial charge in [0.15, 0.2) is 0 Å². The summed E-state index contributed by atoms with van der Waals surface area (Å²) in [6.45, 7) is 6.06. The molecular weight excluding hydrogens is 256 g/mol. The molecule has 15 heavy (non-hydrogen) atoms. The van der Waals surface area contributed by atoms with Crippen LogP contribution in [-0.2, 0) is 6.42 Å². The first kappa shape index (κ1) is 14.1. The molecule has 0 radical (unpaired) electrons. The zero-order chi connectivity index (χ0) is 11.7. The Balaban J connectivity index is 0.000000921. The highest BCUT2D eigenvalue weighted by Crippen LogP contribution is 2.05. The van der Waals surface area contributed by atoms with Crippen LogP contribution < -0.4 is 9.88 Å². The molecule has 0 saturated heterocycles. The van der Waals surface area contributed by atoms with Gasteiger partial charge in [0.1, 0.15) is 0 Å². The van der Waals surface area contributed by atoms with Gasteiger partial charge in [0.2, 0.25) is 0 Å². The Bertz CT molecular complexity index is 302. The van der Waals surface area contributed by atoms with E-state index in [1.54, 1.807) is 6.07 Å². The minimum atomic E-state index is -0.146. The van der Waals surface area contributed by atoms with Gasteiger partial charge in [0, 0.05) is 21.7 Å². The normalized spacial score (nSPS) is 8.80. The van der Waals surface area contributed by atoms with Crippen LogP contribution in [0.4, 0.5) is 0 Å². The number of hydrogen-bond donors (Lipinski definition) is 2. The molecule has 0 atom stereocenters. The predicted molar refractivity (Wildman–Crippen MR) is 66.7 cm³/mol. The molecule has 0 aliphatic rings. The lowest BCUT2D eigenvalue weighted by molar-refractivity contribution is 0.0948. The molecule has 0 aliphatic carbocycles. The second kappa shape index (κ2) is 8.44. The van der Waals surface area contributed by atoms with Crippen LogP contribution in [0.25, 0.3) is 0 Å². The average molecular weight is 273 g/mol. The molecule has 0 fully saturated rings. The Morgan fingerprint density at radius 3 is 2.60 bits per heavy atom. The number of hydrazine groups is 1. The Labute approximate surface area is 99.6 Å². The van der Waals surface area contributed by atoms with Crippen LogP contribution in [0.3, 0.4) is 0 Å². The largest absolute Gasteiger partial charge is 0.277 e. The summed E-state index contributed by atoms with van der Waals surface area (Å²) in [5.74, 6) is -0.146. The number of carbonyl (C=O) groups is 1. The number of halogens is 1. The molecular formula is C11H17BrN2O. The standard InChI is InChI=1S/C9H11BrN2O.C2H6/c1-2-7-4-3-5-8(6-7)9(13)11-12-10;1-2/h3-6,12H,2H2,1H3,(H,11,13);1-2H3. The molecule has 1 rings (SSSR count). The van der Waals surface area contributed by atoms with Crippen molar-refractivity contribution in [2.45, 2.75) is 27.2 Å². The summed E-state index contributed by atoms with van der Waals surface area (Å²) >= 11 is 2.90. The quantitative estimate of drug-likeness (QED) is 0.656. The van der Waals surface area contributed by atoms with Gasteiger partial charge in [-0.2, -0.15) is 4.45 Å². The maximum absolute atomic E-state index is 11.3. The summed E-state index contributed by atoms with van der Waals surface area (Å²) < 4.78 is 2.42. The van der Waals surface area contributed by atoms with Crippen molar-refractivity contribution in [2.24, 2.45) is 0 Å². The molecule has 4 heteroatoms. The third-order valence-electron chi connectivity index (χ3n) is 1.76. The summed E-state index contributed by atoms with van der Waals surface area (Å²) in [6, 6.07) is 7.53. The predicted octanol–water partition coefficient (Wildman–Crippen LogP) is 2.82. The van der Waals surface area contributed by atoms with Crippen molar-refractivity contribution >= 4 is 22.1 Å². The van der Waals surface area contributed by atoms with Gasteiger partial charge in [0.25, 0.3) is 5.91 Å². The van der Waals surface area contributed by atoms with E-state index in [4.69, 9.17) is 0 Å². The summed E-state index contributed by atoms with van der Waals surface area (Å²) in [5, 5.41) is 0. The summed E-state index contributed by atoms with van der Waals surface area (Å²) in [7, 11) is 0. The monoisotopic (exact) mass is 272 g/mol. The van der Waals surface area contributed by atoms with Crippen molar-refractivity contribution in [3.63, 3.8) is 0 Å². The molecule has 0 heterocycles. The van der Waals surface area contributed by atoms with E-state index in [9.17, 15) is 4.79 Å². The maximum Gasteiger partial charge on any atom is 0.266 e. The Kier molecular flexibility index (Phi) is 7.95. The fourth-order valence-corrected chi connectivity index (χ4v) is 1.23. The second-order valence-corrected chi connectivity index (χ2v) is 3.00. The van der Waals surface area contributed by atoms with Gasteiger partial charge in [-0.05, 0) is 24.1 Å². The molecule has 0 aliphatic heterocycles. The van der Waals surface area contributed by atoms with Crippen molar-refractivity contribution in [1.29, 1.82) is 0 Å². The molecule has 0 saturated carbocycles. The third-order valence-corrected chi connectivity index (χ3v) is 1.96. The van der Waals surface area contributed by atoms with Gasteiger partial charge in [-0.15, -0.1) is 0 Å². The number of rotatable bonds is 3. The van der Waals surface area contributed by atoms with Crippen LogP contribution in [0, 0.1) is 0 Å². The number of nitrogens with one attached hydrogen (secondary N) is 2. The highest BCUT2D eigenvalue weighted by molar-refractivity contribution is 9.08. The van der Waals surface area contributed by atoms with Crippen LogP contribution in [-0.4, -0.2) is 5.91 Å². The van der Waals surface area contributed by atoms with Crippen molar-refractivity contribution in [1.82, 2.24) is 9.88 Å². The zero-order valence-electron chi connectivity index (χ0n) is 9.30. The molecule has 84 valence electrons. The van der Waals surface area contributed by atoms with Crippen LogP contribution in [0.2, 0.25) is 0 Å². The first-order valence-corrected chi connectivity index (χ1v) is 5.82. The van der Waals surface area contributed by atoms with Gasteiger partial charge >= 0.3 is 0 Å². The van der Waals surface area contributed by atoms with Crippen LogP contribution in [0.15, 0.2) is 24.3 Å². The van der Waals surface area contributed by atoms with E-state index < -0.39 is 0 Å². The molecule has 1 aromatic carbocycles. The van der Waals surface area contributed by atoms with Crippen LogP contribution in [0.1, 0.15) is 36.7 Å². The Hall–Kier alpha value is -0.870. The van der Waals surface area contributed by atoms with E-state index in [1.807, 2.05) is 32.0 Å². The van der Waals surface area contributed by atoms with Crippen LogP contribution >= 0.6 is 16.1 Å². The molecule has 0 aromatic heterocycles. The molecule has 3 nitrogen and oxygen atoms in total. The van der Waals surface area contributed by atoms with E-state index >= 15 is 0 Å². The third kappa shape index (κ3) is 4.95. The highest BCUT2D eigenvalue weighted by atomic mass is 79.9. The van der Waals surface area contributed by atoms with E-state index in [0.717, 1.165) is 12.0 Å². The van der Waals surface area contributed by atoms with Crippen molar-refractivity contribution in [3.05, 3.63) is 35.4 Å². The lowest BCUT2D eigenvalue weighted by Gasteiger charge is -2.03. The van der Waals surface area contributed by atoms with E-state index in [-0.39, 0.29) is 5.91 Å². The SMILES string of the molecule is CC.CCc1cccc(C(=O)NNBr)c1. The number of benzene rings is 1. The van der Waals surface area contributed by atoms with Gasteiger partial charge in [-0.1, -0.05) is 32.9 Å². The molecule has 1 aromatic rings. The first-order chi connectivity index (χ1) is 7.27. The second-order valence-electron chi connectivity index (χ2n) is 2.60. The zero-order valence-corrected chi connectivity index (χ0v) is 10.9. The fourth-order valence-electron chi connectivity index (χ4n) is 1.05. The summed E-state index contributed by atoms with van der Waals surface area (Å²) in [6.07, 6.45) is 0.933. The van der Waals surface area contributed by atoms with Crippen molar-refractivity contribution in [3.8, 4) is 0 Å². The number of hydrogen-bond acceptors (Lipinski definition) is 2. The topological polar surface area (TPSA) is 41.1 Å². The van der Waals surface area contributed by atoms with Gasteiger partial charge in [0.05, 0.1) is 0 Å². The van der Waals surface area contributed by atoms with Gasteiger partial charge < -0.3 is 0 Å². The summed E-state index contributed by atoms with van der Waals surface area (Å²) in [4.78, 5) is 11.3. The Morgan fingerprint density at radius 2 is 2.07 bits per heavy atom. The Morgan fingerprint density at radius 1 is 1.40 bits per heavy atom.